The quantitative estimate of drug-likeness (QED) is 0.218. The third kappa shape index (κ3) is 8.03. The van der Waals surface area contributed by atoms with E-state index in [2.05, 4.69) is 24.8 Å². The summed E-state index contributed by atoms with van der Waals surface area (Å²) in [5, 5.41) is 23.4. The number of amides is 2. The molecule has 0 radical (unpaired) electrons. The number of hydrogen-bond acceptors (Lipinski definition) is 8. The fraction of sp³-hybridized carbons (Fsp3) is 0.542. The van der Waals surface area contributed by atoms with Crippen LogP contribution in [0.4, 0.5) is 23.0 Å². The van der Waals surface area contributed by atoms with E-state index in [9.17, 15) is 27.9 Å². The number of rotatable bonds is 13. The van der Waals surface area contributed by atoms with Crippen LogP contribution in [0.2, 0.25) is 0 Å². The number of hydrogen-bond donors (Lipinski definition) is 4. The first-order chi connectivity index (χ1) is 18.2. The zero-order chi connectivity index (χ0) is 27.7. The normalized spacial score (nSPS) is 14.4. The standard InChI is InChI=1S/C24H32F3N5O5S/c1-15-13-17(25)16(20(27)19(15)26)14-37-21-18(23(34)35)22(38-30-21)29-24(36)28-5-2-3-6-31-8-10-32(11-9-31)7-4-12-33/h13,33H,2-12,14H2,1H3,(H,34,35)(H2,28,29,36). The summed E-state index contributed by atoms with van der Waals surface area (Å²) in [6.45, 7) is 6.68. The molecule has 1 aliphatic heterocycles. The van der Waals surface area contributed by atoms with Gasteiger partial charge in [-0.05, 0) is 55.9 Å². The number of nitrogens with zero attached hydrogens (tertiary/aromatic N) is 3. The summed E-state index contributed by atoms with van der Waals surface area (Å²) < 4.78 is 50.9. The highest BCUT2D eigenvalue weighted by Gasteiger charge is 2.25. The van der Waals surface area contributed by atoms with E-state index >= 15 is 0 Å². The smallest absolute Gasteiger partial charge is 0.344 e. The van der Waals surface area contributed by atoms with Crippen LogP contribution in [0.25, 0.3) is 0 Å². The van der Waals surface area contributed by atoms with Gasteiger partial charge in [-0.3, -0.25) is 5.32 Å². The van der Waals surface area contributed by atoms with E-state index in [0.717, 1.165) is 64.6 Å². The van der Waals surface area contributed by atoms with Crippen molar-refractivity contribution in [2.24, 2.45) is 0 Å². The maximum absolute atomic E-state index is 14.1. The van der Waals surface area contributed by atoms with E-state index < -0.39 is 53.1 Å². The number of anilines is 1. The van der Waals surface area contributed by atoms with Gasteiger partial charge in [-0.15, -0.1) is 0 Å². The van der Waals surface area contributed by atoms with Crippen LogP contribution >= 0.6 is 11.5 Å². The molecule has 0 bridgehead atoms. The first kappa shape index (κ1) is 29.6. The molecule has 14 heteroatoms. The highest BCUT2D eigenvalue weighted by atomic mass is 32.1. The van der Waals surface area contributed by atoms with E-state index in [0.29, 0.717) is 18.1 Å². The van der Waals surface area contributed by atoms with Crippen molar-refractivity contribution in [3.05, 3.63) is 40.2 Å². The number of aromatic carboxylic acids is 1. The van der Waals surface area contributed by atoms with Crippen LogP contribution < -0.4 is 15.4 Å². The minimum absolute atomic E-state index is 0.111. The number of piperazine rings is 1. The van der Waals surface area contributed by atoms with Crippen LogP contribution in [0.1, 0.15) is 40.7 Å². The Morgan fingerprint density at radius 1 is 1.08 bits per heavy atom. The number of carboxylic acid groups (broad SMARTS) is 1. The minimum atomic E-state index is -1.46. The maximum atomic E-state index is 14.1. The molecule has 1 aromatic heterocycles. The number of benzene rings is 1. The lowest BCUT2D eigenvalue weighted by Gasteiger charge is -2.34. The summed E-state index contributed by atoms with van der Waals surface area (Å²) in [4.78, 5) is 28.7. The number of aliphatic hydroxyl groups is 1. The Morgan fingerprint density at radius 3 is 2.37 bits per heavy atom. The topological polar surface area (TPSA) is 127 Å². The molecule has 38 heavy (non-hydrogen) atoms. The fourth-order valence-electron chi connectivity index (χ4n) is 4.01. The monoisotopic (exact) mass is 559 g/mol. The van der Waals surface area contributed by atoms with E-state index in [1.807, 2.05) is 0 Å². The second-order valence-electron chi connectivity index (χ2n) is 8.92. The number of urea groups is 1. The van der Waals surface area contributed by atoms with Gasteiger partial charge in [0.1, 0.15) is 17.4 Å². The van der Waals surface area contributed by atoms with Gasteiger partial charge >= 0.3 is 12.0 Å². The number of carbonyl (C=O) groups excluding carboxylic acids is 1. The Kier molecular flexibility index (Phi) is 11.1. The molecule has 1 aliphatic rings. The van der Waals surface area contributed by atoms with Crippen molar-refractivity contribution in [3.8, 4) is 5.88 Å². The number of aromatic nitrogens is 1. The van der Waals surface area contributed by atoms with Gasteiger partial charge in [-0.2, -0.15) is 4.37 Å². The van der Waals surface area contributed by atoms with Crippen molar-refractivity contribution >= 4 is 28.5 Å². The molecule has 1 saturated heterocycles. The van der Waals surface area contributed by atoms with E-state index in [4.69, 9.17) is 9.84 Å². The molecule has 0 atom stereocenters. The van der Waals surface area contributed by atoms with Gasteiger partial charge in [0.05, 0.1) is 5.56 Å². The number of ether oxygens (including phenoxy) is 1. The second kappa shape index (κ2) is 14.3. The summed E-state index contributed by atoms with van der Waals surface area (Å²) >= 11 is 0.636. The molecular weight excluding hydrogens is 527 g/mol. The Bertz CT molecular complexity index is 1110. The molecule has 2 amide bonds. The summed E-state index contributed by atoms with van der Waals surface area (Å²) in [5.41, 5.74) is -1.39. The van der Waals surface area contributed by atoms with Crippen LogP contribution in [0, 0.1) is 24.4 Å². The van der Waals surface area contributed by atoms with Crippen molar-refractivity contribution in [1.82, 2.24) is 19.5 Å². The summed E-state index contributed by atoms with van der Waals surface area (Å²) in [5.74, 6) is -5.60. The molecule has 3 rings (SSSR count). The first-order valence-corrected chi connectivity index (χ1v) is 13.1. The largest absolute Gasteiger partial charge is 0.477 e. The molecule has 1 fully saturated rings. The predicted molar refractivity (Wildman–Crippen MR) is 135 cm³/mol. The molecule has 2 aromatic rings. The lowest BCUT2D eigenvalue weighted by atomic mass is 10.1. The maximum Gasteiger partial charge on any atom is 0.344 e. The Labute approximate surface area is 222 Å². The number of aliphatic hydroxyl groups excluding tert-OH is 1. The first-order valence-electron chi connectivity index (χ1n) is 12.3. The van der Waals surface area contributed by atoms with Gasteiger partial charge in [-0.1, -0.05) is 0 Å². The second-order valence-corrected chi connectivity index (χ2v) is 9.69. The lowest BCUT2D eigenvalue weighted by molar-refractivity contribution is 0.0693. The number of carbonyl (C=O) groups is 2. The molecule has 4 N–H and O–H groups in total. The SMILES string of the molecule is Cc1cc(F)c(COc2nsc(NC(=O)NCCCCN3CCN(CCCO)CC3)c2C(=O)O)c(F)c1F. The molecule has 0 saturated carbocycles. The average molecular weight is 560 g/mol. The van der Waals surface area contributed by atoms with Crippen LogP contribution in [0.15, 0.2) is 6.07 Å². The molecule has 0 aliphatic carbocycles. The number of unbranched alkanes of at least 4 members (excludes halogenated alkanes) is 1. The number of halogens is 3. The van der Waals surface area contributed by atoms with Gasteiger partial charge in [0.2, 0.25) is 5.88 Å². The van der Waals surface area contributed by atoms with Gasteiger partial charge in [-0.25, -0.2) is 22.8 Å². The predicted octanol–water partition coefficient (Wildman–Crippen LogP) is 3.05. The van der Waals surface area contributed by atoms with Crippen LogP contribution in [0.5, 0.6) is 5.88 Å². The Morgan fingerprint density at radius 2 is 1.74 bits per heavy atom. The summed E-state index contributed by atoms with van der Waals surface area (Å²) in [6.07, 6.45) is 2.39. The van der Waals surface area contributed by atoms with Crippen molar-refractivity contribution in [2.75, 3.05) is 57.7 Å². The third-order valence-electron chi connectivity index (χ3n) is 6.17. The van der Waals surface area contributed by atoms with Gasteiger partial charge in [0, 0.05) is 45.9 Å². The van der Waals surface area contributed by atoms with Gasteiger partial charge in [0.15, 0.2) is 17.2 Å². The molecule has 2 heterocycles. The number of carboxylic acids is 1. The molecule has 10 nitrogen and oxygen atoms in total. The van der Waals surface area contributed by atoms with Crippen molar-refractivity contribution < 1.29 is 37.7 Å². The van der Waals surface area contributed by atoms with E-state index in [-0.39, 0.29) is 17.2 Å². The van der Waals surface area contributed by atoms with Crippen LogP contribution in [0.3, 0.4) is 0 Å². The van der Waals surface area contributed by atoms with Crippen LogP contribution in [-0.2, 0) is 6.61 Å². The van der Waals surface area contributed by atoms with E-state index in [1.165, 1.54) is 6.92 Å². The number of aryl methyl sites for hydroxylation is 1. The van der Waals surface area contributed by atoms with Crippen molar-refractivity contribution in [1.29, 1.82) is 0 Å². The van der Waals surface area contributed by atoms with E-state index in [1.54, 1.807) is 0 Å². The average Bonchev–Trinajstić information content (AvgIpc) is 3.29. The lowest BCUT2D eigenvalue weighted by Crippen LogP contribution is -2.46. The fourth-order valence-corrected chi connectivity index (χ4v) is 4.73. The minimum Gasteiger partial charge on any atom is -0.477 e. The summed E-state index contributed by atoms with van der Waals surface area (Å²) in [6, 6.07) is 0.187. The zero-order valence-corrected chi connectivity index (χ0v) is 21.9. The van der Waals surface area contributed by atoms with Crippen molar-refractivity contribution in [3.63, 3.8) is 0 Å². The van der Waals surface area contributed by atoms with Gasteiger partial charge in [0.25, 0.3) is 0 Å². The van der Waals surface area contributed by atoms with Gasteiger partial charge < -0.3 is 30.1 Å². The van der Waals surface area contributed by atoms with Crippen LogP contribution in [-0.4, -0.2) is 88.8 Å². The summed E-state index contributed by atoms with van der Waals surface area (Å²) in [7, 11) is 0. The molecule has 0 spiro atoms. The highest BCUT2D eigenvalue weighted by Crippen LogP contribution is 2.32. The zero-order valence-electron chi connectivity index (χ0n) is 21.1. The molecule has 0 unspecified atom stereocenters. The third-order valence-corrected chi connectivity index (χ3v) is 6.92. The number of nitrogens with one attached hydrogen (secondary N) is 2. The molecule has 210 valence electrons. The Hall–Kier alpha value is -2.94. The highest BCUT2D eigenvalue weighted by molar-refractivity contribution is 7.11. The Balaban J connectivity index is 1.44. The molecular formula is C24H32F3N5O5S. The van der Waals surface area contributed by atoms with Crippen molar-refractivity contribution in [2.45, 2.75) is 32.8 Å². The molecule has 1 aromatic carbocycles.